The first-order valence-corrected chi connectivity index (χ1v) is 3.89. The predicted molar refractivity (Wildman–Crippen MR) is 49.1 cm³/mol. The quantitative estimate of drug-likeness (QED) is 0.583. The van der Waals surface area contributed by atoms with Crippen LogP contribution in [0.5, 0.6) is 0 Å². The zero-order valence-corrected chi connectivity index (χ0v) is 6.81. The Kier molecular flexibility index (Phi) is 3.80. The van der Waals surface area contributed by atoms with Gasteiger partial charge in [-0.1, -0.05) is 30.3 Å². The Morgan fingerprint density at radius 1 is 1.33 bits per heavy atom. The van der Waals surface area contributed by atoms with E-state index in [0.29, 0.717) is 13.2 Å². The standard InChI is InChI=1S/C8H12BNO2/c10-6-7-12-9(11)8-4-2-1-3-5-8/h1-5,11H,6-7,10H2. The first-order valence-electron chi connectivity index (χ1n) is 3.89. The van der Waals surface area contributed by atoms with E-state index in [-0.39, 0.29) is 0 Å². The number of benzene rings is 1. The van der Waals surface area contributed by atoms with Crippen molar-refractivity contribution in [3.05, 3.63) is 30.3 Å². The third-order valence-electron chi connectivity index (χ3n) is 1.48. The molecule has 0 spiro atoms. The van der Waals surface area contributed by atoms with Crippen LogP contribution in [0.3, 0.4) is 0 Å². The molecule has 1 aromatic rings. The van der Waals surface area contributed by atoms with Gasteiger partial charge in [-0.3, -0.25) is 0 Å². The summed E-state index contributed by atoms with van der Waals surface area (Å²) >= 11 is 0. The second-order valence-electron chi connectivity index (χ2n) is 2.42. The van der Waals surface area contributed by atoms with E-state index in [0.717, 1.165) is 5.46 Å². The number of rotatable bonds is 4. The molecule has 0 aliphatic heterocycles. The smallest absolute Gasteiger partial charge is 0.423 e. The van der Waals surface area contributed by atoms with Gasteiger partial charge < -0.3 is 15.4 Å². The third-order valence-corrected chi connectivity index (χ3v) is 1.48. The Labute approximate surface area is 72.3 Å². The summed E-state index contributed by atoms with van der Waals surface area (Å²) in [7, 11) is -0.852. The second kappa shape index (κ2) is 4.93. The molecule has 0 aliphatic carbocycles. The summed E-state index contributed by atoms with van der Waals surface area (Å²) in [4.78, 5) is 0. The van der Waals surface area contributed by atoms with Gasteiger partial charge in [-0.15, -0.1) is 0 Å². The molecule has 0 atom stereocenters. The molecule has 1 rings (SSSR count). The van der Waals surface area contributed by atoms with E-state index in [1.807, 2.05) is 18.2 Å². The summed E-state index contributed by atoms with van der Waals surface area (Å²) < 4.78 is 5.01. The predicted octanol–water partition coefficient (Wildman–Crippen LogP) is -0.651. The fourth-order valence-corrected chi connectivity index (χ4v) is 0.894. The van der Waals surface area contributed by atoms with Gasteiger partial charge in [-0.2, -0.15) is 0 Å². The summed E-state index contributed by atoms with van der Waals surface area (Å²) in [5.74, 6) is 0. The SMILES string of the molecule is NCCOB(O)c1ccccc1. The largest absolute Gasteiger partial charge is 0.491 e. The molecule has 0 aromatic heterocycles. The van der Waals surface area contributed by atoms with Crippen LogP contribution in [0.4, 0.5) is 0 Å². The molecule has 0 aliphatic rings. The highest BCUT2D eigenvalue weighted by Gasteiger charge is 2.14. The maximum atomic E-state index is 9.37. The van der Waals surface area contributed by atoms with Gasteiger partial charge in [0, 0.05) is 13.2 Å². The Morgan fingerprint density at radius 2 is 2.00 bits per heavy atom. The molecule has 0 heterocycles. The van der Waals surface area contributed by atoms with Gasteiger partial charge in [0.25, 0.3) is 0 Å². The van der Waals surface area contributed by atoms with Crippen LogP contribution in [0.1, 0.15) is 0 Å². The molecule has 0 fully saturated rings. The topological polar surface area (TPSA) is 55.5 Å². The third kappa shape index (κ3) is 2.66. The van der Waals surface area contributed by atoms with Gasteiger partial charge in [0.05, 0.1) is 0 Å². The normalized spacial score (nSPS) is 9.83. The summed E-state index contributed by atoms with van der Waals surface area (Å²) in [5.41, 5.74) is 5.97. The van der Waals surface area contributed by atoms with Crippen LogP contribution in [0.25, 0.3) is 0 Å². The van der Waals surface area contributed by atoms with Crippen LogP contribution in [0, 0.1) is 0 Å². The minimum atomic E-state index is -0.852. The lowest BCUT2D eigenvalue weighted by Crippen LogP contribution is -2.34. The lowest BCUT2D eigenvalue weighted by Gasteiger charge is -2.05. The first-order chi connectivity index (χ1) is 5.84. The maximum absolute atomic E-state index is 9.37. The van der Waals surface area contributed by atoms with E-state index >= 15 is 0 Å². The van der Waals surface area contributed by atoms with Crippen LogP contribution < -0.4 is 11.2 Å². The molecule has 0 radical (unpaired) electrons. The van der Waals surface area contributed by atoms with Crippen LogP contribution in [0.2, 0.25) is 0 Å². The minimum absolute atomic E-state index is 0.371. The number of hydrogen-bond acceptors (Lipinski definition) is 3. The van der Waals surface area contributed by atoms with Crippen LogP contribution >= 0.6 is 0 Å². The van der Waals surface area contributed by atoms with Crippen molar-refractivity contribution in [1.29, 1.82) is 0 Å². The lowest BCUT2D eigenvalue weighted by atomic mass is 9.80. The highest BCUT2D eigenvalue weighted by Crippen LogP contribution is 1.86. The summed E-state index contributed by atoms with van der Waals surface area (Å²) in [5, 5.41) is 9.37. The van der Waals surface area contributed by atoms with Crippen molar-refractivity contribution in [1.82, 2.24) is 0 Å². The monoisotopic (exact) mass is 165 g/mol. The molecular weight excluding hydrogens is 153 g/mol. The molecule has 0 amide bonds. The lowest BCUT2D eigenvalue weighted by molar-refractivity contribution is 0.278. The highest BCUT2D eigenvalue weighted by atomic mass is 16.5. The van der Waals surface area contributed by atoms with Crippen molar-refractivity contribution in [3.8, 4) is 0 Å². The van der Waals surface area contributed by atoms with Gasteiger partial charge in [-0.05, 0) is 5.46 Å². The van der Waals surface area contributed by atoms with Crippen molar-refractivity contribution in [2.45, 2.75) is 0 Å². The fraction of sp³-hybridized carbons (Fsp3) is 0.250. The Bertz CT molecular complexity index is 218. The number of hydrogen-bond donors (Lipinski definition) is 2. The first kappa shape index (κ1) is 9.25. The van der Waals surface area contributed by atoms with Crippen molar-refractivity contribution < 1.29 is 9.68 Å². The van der Waals surface area contributed by atoms with E-state index in [9.17, 15) is 5.02 Å². The van der Waals surface area contributed by atoms with E-state index in [1.165, 1.54) is 0 Å². The van der Waals surface area contributed by atoms with Crippen molar-refractivity contribution in [3.63, 3.8) is 0 Å². The van der Waals surface area contributed by atoms with Crippen molar-refractivity contribution >= 4 is 12.6 Å². The van der Waals surface area contributed by atoms with Crippen LogP contribution in [0.15, 0.2) is 30.3 Å². The van der Waals surface area contributed by atoms with Crippen molar-refractivity contribution in [2.24, 2.45) is 5.73 Å². The summed E-state index contributed by atoms with van der Waals surface area (Å²) in [6.07, 6.45) is 0. The van der Waals surface area contributed by atoms with E-state index in [2.05, 4.69) is 0 Å². The minimum Gasteiger partial charge on any atom is -0.423 e. The molecule has 64 valence electrons. The van der Waals surface area contributed by atoms with Gasteiger partial charge >= 0.3 is 7.12 Å². The molecule has 0 unspecified atom stereocenters. The molecule has 3 nitrogen and oxygen atoms in total. The average Bonchev–Trinajstić information content (AvgIpc) is 2.15. The average molecular weight is 165 g/mol. The Morgan fingerprint density at radius 3 is 2.58 bits per heavy atom. The second-order valence-corrected chi connectivity index (χ2v) is 2.42. The zero-order valence-electron chi connectivity index (χ0n) is 6.81. The van der Waals surface area contributed by atoms with Gasteiger partial charge in [-0.25, -0.2) is 0 Å². The Balaban J connectivity index is 2.48. The van der Waals surface area contributed by atoms with Crippen molar-refractivity contribution in [2.75, 3.05) is 13.2 Å². The van der Waals surface area contributed by atoms with Crippen LogP contribution in [-0.4, -0.2) is 25.3 Å². The molecule has 0 saturated carbocycles. The van der Waals surface area contributed by atoms with Gasteiger partial charge in [0.15, 0.2) is 0 Å². The van der Waals surface area contributed by atoms with E-state index in [1.54, 1.807) is 12.1 Å². The van der Waals surface area contributed by atoms with Gasteiger partial charge in [0.2, 0.25) is 0 Å². The number of nitrogens with two attached hydrogens (primary N) is 1. The molecule has 4 heteroatoms. The molecule has 0 bridgehead atoms. The summed E-state index contributed by atoms with van der Waals surface area (Å²) in [6.45, 7) is 0.792. The molecule has 0 saturated heterocycles. The summed E-state index contributed by atoms with van der Waals surface area (Å²) in [6, 6.07) is 9.20. The van der Waals surface area contributed by atoms with E-state index in [4.69, 9.17) is 10.4 Å². The zero-order chi connectivity index (χ0) is 8.81. The molecule has 1 aromatic carbocycles. The molecule has 3 N–H and O–H groups in total. The fourth-order valence-electron chi connectivity index (χ4n) is 0.894. The molecular formula is C8H12BNO2. The van der Waals surface area contributed by atoms with Crippen LogP contribution in [-0.2, 0) is 4.65 Å². The van der Waals surface area contributed by atoms with E-state index < -0.39 is 7.12 Å². The maximum Gasteiger partial charge on any atom is 0.491 e. The molecule has 12 heavy (non-hydrogen) atoms. The van der Waals surface area contributed by atoms with Gasteiger partial charge in [0.1, 0.15) is 0 Å². The Hall–Kier alpha value is -0.835. The highest BCUT2D eigenvalue weighted by molar-refractivity contribution is 6.59.